The van der Waals surface area contributed by atoms with Crippen LogP contribution in [0.25, 0.3) is 0 Å². The molecule has 0 unspecified atom stereocenters. The molecule has 1 aromatic heterocycles. The van der Waals surface area contributed by atoms with Gasteiger partial charge in [-0.1, -0.05) is 6.58 Å². The van der Waals surface area contributed by atoms with Crippen molar-refractivity contribution in [1.82, 2.24) is 14.9 Å². The van der Waals surface area contributed by atoms with Crippen molar-refractivity contribution in [2.45, 2.75) is 0 Å². The average Bonchev–Trinajstić information content (AvgIpc) is 2.46. The number of amides is 1. The number of piperazine rings is 1. The second-order valence-electron chi connectivity index (χ2n) is 3.94. The Morgan fingerprint density at radius 3 is 2.72 bits per heavy atom. The van der Waals surface area contributed by atoms with E-state index in [0.717, 1.165) is 18.9 Å². The first kappa shape index (κ1) is 12.3. The normalized spacial score (nSPS) is 15.4. The van der Waals surface area contributed by atoms with Crippen molar-refractivity contribution in [1.29, 1.82) is 0 Å². The summed E-state index contributed by atoms with van der Waals surface area (Å²) in [5.74, 6) is 1.25. The van der Waals surface area contributed by atoms with Crippen LogP contribution in [0.4, 0.5) is 5.82 Å². The Morgan fingerprint density at radius 1 is 1.39 bits per heavy atom. The van der Waals surface area contributed by atoms with Crippen LogP contribution in [0, 0.1) is 0 Å². The van der Waals surface area contributed by atoms with E-state index in [1.807, 2.05) is 0 Å². The maximum atomic E-state index is 11.5. The lowest BCUT2D eigenvalue weighted by Gasteiger charge is -2.34. The van der Waals surface area contributed by atoms with Crippen molar-refractivity contribution >= 4 is 11.7 Å². The molecule has 96 valence electrons. The minimum atomic E-state index is -0.0219. The van der Waals surface area contributed by atoms with E-state index in [1.54, 1.807) is 24.4 Å². The van der Waals surface area contributed by atoms with Crippen LogP contribution in [0.1, 0.15) is 0 Å². The van der Waals surface area contributed by atoms with Crippen molar-refractivity contribution in [2.24, 2.45) is 0 Å². The van der Waals surface area contributed by atoms with Gasteiger partial charge >= 0.3 is 0 Å². The Kier molecular flexibility index (Phi) is 3.76. The summed E-state index contributed by atoms with van der Waals surface area (Å²) in [5.41, 5.74) is 0. The largest absolute Gasteiger partial charge is 0.480 e. The average molecular weight is 248 g/mol. The van der Waals surface area contributed by atoms with Crippen molar-refractivity contribution in [3.63, 3.8) is 0 Å². The van der Waals surface area contributed by atoms with E-state index in [4.69, 9.17) is 4.74 Å². The summed E-state index contributed by atoms with van der Waals surface area (Å²) >= 11 is 0. The molecular weight excluding hydrogens is 232 g/mol. The highest BCUT2D eigenvalue weighted by atomic mass is 16.5. The highest BCUT2D eigenvalue weighted by Crippen LogP contribution is 2.15. The third-order valence-corrected chi connectivity index (χ3v) is 2.90. The molecule has 2 rings (SSSR count). The Bertz CT molecular complexity index is 441. The Balaban J connectivity index is 2.00. The van der Waals surface area contributed by atoms with Gasteiger partial charge < -0.3 is 14.5 Å². The summed E-state index contributed by atoms with van der Waals surface area (Å²) < 4.78 is 5.04. The topological polar surface area (TPSA) is 58.6 Å². The van der Waals surface area contributed by atoms with E-state index in [0.29, 0.717) is 19.0 Å². The van der Waals surface area contributed by atoms with Gasteiger partial charge in [-0.2, -0.15) is 4.98 Å². The lowest BCUT2D eigenvalue weighted by atomic mass is 10.3. The Labute approximate surface area is 106 Å². The van der Waals surface area contributed by atoms with Crippen LogP contribution in [0.15, 0.2) is 25.0 Å². The lowest BCUT2D eigenvalue weighted by Crippen LogP contribution is -2.48. The Hall–Kier alpha value is -2.11. The molecule has 1 fully saturated rings. The van der Waals surface area contributed by atoms with Gasteiger partial charge in [0.25, 0.3) is 0 Å². The summed E-state index contributed by atoms with van der Waals surface area (Å²) in [6, 6.07) is 0. The van der Waals surface area contributed by atoms with E-state index in [-0.39, 0.29) is 5.91 Å². The molecule has 6 heteroatoms. The molecule has 2 heterocycles. The number of hydrogen-bond donors (Lipinski definition) is 0. The molecule has 1 saturated heterocycles. The molecule has 18 heavy (non-hydrogen) atoms. The van der Waals surface area contributed by atoms with E-state index in [2.05, 4.69) is 21.4 Å². The van der Waals surface area contributed by atoms with Crippen molar-refractivity contribution in [3.8, 4) is 5.88 Å². The van der Waals surface area contributed by atoms with Gasteiger partial charge in [0.05, 0.1) is 19.5 Å². The molecule has 1 aliphatic heterocycles. The molecular formula is C12H16N4O2. The van der Waals surface area contributed by atoms with E-state index in [1.165, 1.54) is 6.08 Å². The minimum absolute atomic E-state index is 0.0219. The summed E-state index contributed by atoms with van der Waals surface area (Å²) in [6.07, 6.45) is 4.62. The predicted molar refractivity (Wildman–Crippen MR) is 67.6 cm³/mol. The van der Waals surface area contributed by atoms with Crippen molar-refractivity contribution in [3.05, 3.63) is 25.0 Å². The number of carbonyl (C=O) groups is 1. The summed E-state index contributed by atoms with van der Waals surface area (Å²) in [6.45, 7) is 6.31. The number of ether oxygens (including phenoxy) is 1. The van der Waals surface area contributed by atoms with E-state index < -0.39 is 0 Å². The SMILES string of the molecule is C=CC(=O)N1CCN(c2cncc(OC)n2)CC1. The quantitative estimate of drug-likeness (QED) is 0.721. The number of carbonyl (C=O) groups excluding carboxylic acids is 1. The fourth-order valence-corrected chi connectivity index (χ4v) is 1.87. The van der Waals surface area contributed by atoms with E-state index >= 15 is 0 Å². The first-order valence-corrected chi connectivity index (χ1v) is 5.77. The fourth-order valence-electron chi connectivity index (χ4n) is 1.87. The van der Waals surface area contributed by atoms with Gasteiger partial charge in [-0.15, -0.1) is 0 Å². The molecule has 6 nitrogen and oxygen atoms in total. The molecule has 1 amide bonds. The predicted octanol–water partition coefficient (Wildman–Crippen LogP) is 0.320. The number of nitrogens with zero attached hydrogens (tertiary/aromatic N) is 4. The highest BCUT2D eigenvalue weighted by molar-refractivity contribution is 5.87. The molecule has 1 aromatic rings. The maximum absolute atomic E-state index is 11.5. The zero-order valence-electron chi connectivity index (χ0n) is 10.4. The molecule has 0 radical (unpaired) electrons. The van der Waals surface area contributed by atoms with Gasteiger partial charge in [-0.05, 0) is 6.08 Å². The summed E-state index contributed by atoms with van der Waals surface area (Å²) in [4.78, 5) is 23.7. The van der Waals surface area contributed by atoms with Crippen molar-refractivity contribution < 1.29 is 9.53 Å². The number of aromatic nitrogens is 2. The van der Waals surface area contributed by atoms with Crippen LogP contribution in [-0.2, 0) is 4.79 Å². The second-order valence-corrected chi connectivity index (χ2v) is 3.94. The van der Waals surface area contributed by atoms with Crippen molar-refractivity contribution in [2.75, 3.05) is 38.2 Å². The number of methoxy groups -OCH3 is 1. The smallest absolute Gasteiger partial charge is 0.246 e. The first-order chi connectivity index (χ1) is 8.74. The zero-order valence-corrected chi connectivity index (χ0v) is 10.4. The van der Waals surface area contributed by atoms with Gasteiger partial charge in [-0.25, -0.2) is 0 Å². The van der Waals surface area contributed by atoms with Crippen LogP contribution >= 0.6 is 0 Å². The lowest BCUT2D eigenvalue weighted by molar-refractivity contribution is -0.126. The maximum Gasteiger partial charge on any atom is 0.246 e. The van der Waals surface area contributed by atoms with Crippen LogP contribution in [0.5, 0.6) is 5.88 Å². The first-order valence-electron chi connectivity index (χ1n) is 5.77. The molecule has 0 saturated carbocycles. The molecule has 0 bridgehead atoms. The van der Waals surface area contributed by atoms with Crippen LogP contribution in [0.3, 0.4) is 0 Å². The zero-order chi connectivity index (χ0) is 13.0. The Morgan fingerprint density at radius 2 is 2.11 bits per heavy atom. The fraction of sp³-hybridized carbons (Fsp3) is 0.417. The van der Waals surface area contributed by atoms with Gasteiger partial charge in [0.2, 0.25) is 11.8 Å². The van der Waals surface area contributed by atoms with Crippen LogP contribution in [-0.4, -0.2) is 54.1 Å². The van der Waals surface area contributed by atoms with E-state index in [9.17, 15) is 4.79 Å². The molecule has 0 aliphatic carbocycles. The molecule has 0 atom stereocenters. The second kappa shape index (κ2) is 5.48. The van der Waals surface area contributed by atoms with Gasteiger partial charge in [0.15, 0.2) is 5.82 Å². The highest BCUT2D eigenvalue weighted by Gasteiger charge is 2.20. The number of hydrogen-bond acceptors (Lipinski definition) is 5. The summed E-state index contributed by atoms with van der Waals surface area (Å²) in [5, 5.41) is 0. The van der Waals surface area contributed by atoms with Gasteiger partial charge in [0, 0.05) is 26.2 Å². The molecule has 1 aliphatic rings. The third-order valence-electron chi connectivity index (χ3n) is 2.90. The number of rotatable bonds is 3. The minimum Gasteiger partial charge on any atom is -0.480 e. The monoisotopic (exact) mass is 248 g/mol. The van der Waals surface area contributed by atoms with Crippen LogP contribution in [0.2, 0.25) is 0 Å². The molecule has 0 spiro atoms. The van der Waals surface area contributed by atoms with Gasteiger partial charge in [-0.3, -0.25) is 9.78 Å². The molecule has 0 aromatic carbocycles. The van der Waals surface area contributed by atoms with Gasteiger partial charge in [0.1, 0.15) is 0 Å². The summed E-state index contributed by atoms with van der Waals surface area (Å²) in [7, 11) is 1.56. The number of anilines is 1. The third kappa shape index (κ3) is 2.58. The molecule has 0 N–H and O–H groups in total. The van der Waals surface area contributed by atoms with Crippen LogP contribution < -0.4 is 9.64 Å². The standard InChI is InChI=1S/C12H16N4O2/c1-3-12(17)16-6-4-15(5-7-16)10-8-13-9-11(14-10)18-2/h3,8-9H,1,4-7H2,2H3.